The van der Waals surface area contributed by atoms with E-state index in [1.807, 2.05) is 44.2 Å². The lowest BCUT2D eigenvalue weighted by Crippen LogP contribution is -2.45. The molecule has 1 amide bonds. The quantitative estimate of drug-likeness (QED) is 0.500. The zero-order valence-corrected chi connectivity index (χ0v) is 19.7. The molecule has 7 heteroatoms. The molecule has 5 nitrogen and oxygen atoms in total. The highest BCUT2D eigenvalue weighted by atomic mass is 79.9. The summed E-state index contributed by atoms with van der Waals surface area (Å²) < 4.78 is 29.1. The van der Waals surface area contributed by atoms with Crippen molar-refractivity contribution < 1.29 is 13.2 Å². The van der Waals surface area contributed by atoms with Gasteiger partial charge in [-0.15, -0.1) is 0 Å². The van der Waals surface area contributed by atoms with Gasteiger partial charge in [0.05, 0.1) is 10.6 Å². The molecule has 3 aromatic rings. The van der Waals surface area contributed by atoms with E-state index in [1.54, 1.807) is 47.4 Å². The number of sulfonamides is 1. The van der Waals surface area contributed by atoms with Crippen molar-refractivity contribution in [3.05, 3.63) is 88.4 Å². The van der Waals surface area contributed by atoms with Crippen molar-refractivity contribution in [3.8, 4) is 0 Å². The van der Waals surface area contributed by atoms with Crippen LogP contribution in [-0.2, 0) is 21.2 Å². The molecule has 0 saturated heterocycles. The molecule has 0 aliphatic carbocycles. The summed E-state index contributed by atoms with van der Waals surface area (Å²) in [5.41, 5.74) is 3.34. The van der Waals surface area contributed by atoms with E-state index >= 15 is 0 Å². The maximum absolute atomic E-state index is 13.6. The van der Waals surface area contributed by atoms with Gasteiger partial charge in [0.2, 0.25) is 5.91 Å². The minimum Gasteiger partial charge on any atom is -0.307 e. The summed E-state index contributed by atoms with van der Waals surface area (Å²) in [6.07, 6.45) is 0.753. The molecule has 0 saturated carbocycles. The summed E-state index contributed by atoms with van der Waals surface area (Å²) >= 11 is 3.41. The minimum atomic E-state index is -3.94. The van der Waals surface area contributed by atoms with E-state index in [-0.39, 0.29) is 23.4 Å². The second-order valence-electron chi connectivity index (χ2n) is 7.75. The van der Waals surface area contributed by atoms with Crippen LogP contribution < -0.4 is 9.21 Å². The van der Waals surface area contributed by atoms with E-state index in [9.17, 15) is 13.2 Å². The molecule has 1 aliphatic heterocycles. The Morgan fingerprint density at radius 3 is 2.48 bits per heavy atom. The van der Waals surface area contributed by atoms with E-state index in [0.29, 0.717) is 5.69 Å². The van der Waals surface area contributed by atoms with E-state index in [1.165, 1.54) is 4.31 Å². The molecule has 0 spiro atoms. The number of carbonyl (C=O) groups excluding carboxylic acids is 1. The molecule has 1 aliphatic rings. The lowest BCUT2D eigenvalue weighted by atomic mass is 10.1. The summed E-state index contributed by atoms with van der Waals surface area (Å²) in [6, 6.07) is 21.4. The van der Waals surface area contributed by atoms with Gasteiger partial charge in [0.15, 0.2) is 0 Å². The van der Waals surface area contributed by atoms with Crippen LogP contribution >= 0.6 is 15.9 Å². The van der Waals surface area contributed by atoms with Gasteiger partial charge in [-0.3, -0.25) is 9.10 Å². The number of amides is 1. The number of aryl methyl sites for hydroxylation is 1. The van der Waals surface area contributed by atoms with Crippen LogP contribution in [0.2, 0.25) is 0 Å². The molecule has 0 radical (unpaired) electrons. The second kappa shape index (κ2) is 8.48. The number of para-hydroxylation sites is 1. The predicted molar refractivity (Wildman–Crippen MR) is 127 cm³/mol. The van der Waals surface area contributed by atoms with Gasteiger partial charge in [-0.2, -0.15) is 0 Å². The SMILES string of the molecule is Cc1ccc(S(=O)(=O)N(CC(=O)N2c3ccccc3CC2C)c2cccc(Br)c2)cc1. The Morgan fingerprint density at radius 2 is 1.77 bits per heavy atom. The molecule has 1 atom stereocenters. The highest BCUT2D eigenvalue weighted by Crippen LogP contribution is 2.33. The Bertz CT molecular complexity index is 1230. The van der Waals surface area contributed by atoms with Crippen LogP contribution in [0.4, 0.5) is 11.4 Å². The van der Waals surface area contributed by atoms with Gasteiger partial charge >= 0.3 is 0 Å². The van der Waals surface area contributed by atoms with Gasteiger partial charge in [0.25, 0.3) is 10.0 Å². The molecule has 1 heterocycles. The Kier molecular flexibility index (Phi) is 5.90. The average molecular weight is 499 g/mol. The third kappa shape index (κ3) is 4.25. The van der Waals surface area contributed by atoms with Gasteiger partial charge in [-0.05, 0) is 62.2 Å². The van der Waals surface area contributed by atoms with Crippen LogP contribution in [0.3, 0.4) is 0 Å². The maximum atomic E-state index is 13.6. The number of anilines is 2. The first-order valence-electron chi connectivity index (χ1n) is 10.0. The molecule has 0 bridgehead atoms. The summed E-state index contributed by atoms with van der Waals surface area (Å²) in [6.45, 7) is 3.60. The topological polar surface area (TPSA) is 57.7 Å². The van der Waals surface area contributed by atoms with Crippen LogP contribution in [0.1, 0.15) is 18.1 Å². The van der Waals surface area contributed by atoms with Gasteiger partial charge in [-0.25, -0.2) is 8.42 Å². The Morgan fingerprint density at radius 1 is 1.06 bits per heavy atom. The van der Waals surface area contributed by atoms with Crippen molar-refractivity contribution in [2.24, 2.45) is 0 Å². The number of rotatable bonds is 5. The third-order valence-electron chi connectivity index (χ3n) is 5.46. The Balaban J connectivity index is 1.74. The van der Waals surface area contributed by atoms with Gasteiger partial charge in [-0.1, -0.05) is 57.9 Å². The molecular weight excluding hydrogens is 476 g/mol. The molecule has 0 N–H and O–H groups in total. The predicted octanol–water partition coefficient (Wildman–Crippen LogP) is 4.93. The first-order valence-corrected chi connectivity index (χ1v) is 12.3. The van der Waals surface area contributed by atoms with E-state index in [2.05, 4.69) is 15.9 Å². The number of halogens is 1. The van der Waals surface area contributed by atoms with E-state index in [0.717, 1.165) is 27.7 Å². The van der Waals surface area contributed by atoms with Crippen LogP contribution in [0.25, 0.3) is 0 Å². The molecule has 4 rings (SSSR count). The lowest BCUT2D eigenvalue weighted by Gasteiger charge is -2.29. The van der Waals surface area contributed by atoms with Crippen molar-refractivity contribution in [1.29, 1.82) is 0 Å². The molecule has 3 aromatic carbocycles. The smallest absolute Gasteiger partial charge is 0.264 e. The maximum Gasteiger partial charge on any atom is 0.264 e. The highest BCUT2D eigenvalue weighted by molar-refractivity contribution is 9.10. The number of hydrogen-bond donors (Lipinski definition) is 0. The fraction of sp³-hybridized carbons (Fsp3) is 0.208. The zero-order chi connectivity index (χ0) is 22.2. The van der Waals surface area contributed by atoms with Crippen molar-refractivity contribution in [1.82, 2.24) is 0 Å². The number of hydrogen-bond acceptors (Lipinski definition) is 3. The van der Waals surface area contributed by atoms with E-state index in [4.69, 9.17) is 0 Å². The van der Waals surface area contributed by atoms with Crippen LogP contribution in [0, 0.1) is 6.92 Å². The first-order chi connectivity index (χ1) is 14.8. The van der Waals surface area contributed by atoms with Gasteiger partial charge in [0, 0.05) is 16.2 Å². The number of fused-ring (bicyclic) bond motifs is 1. The number of carbonyl (C=O) groups is 1. The third-order valence-corrected chi connectivity index (χ3v) is 7.74. The van der Waals surface area contributed by atoms with Crippen LogP contribution in [0.15, 0.2) is 82.2 Å². The fourth-order valence-electron chi connectivity index (χ4n) is 3.93. The normalized spacial score (nSPS) is 15.6. The van der Waals surface area contributed by atoms with Crippen molar-refractivity contribution in [2.75, 3.05) is 15.7 Å². The Hall–Kier alpha value is -2.64. The first kappa shape index (κ1) is 21.6. The van der Waals surface area contributed by atoms with Crippen LogP contribution in [0.5, 0.6) is 0 Å². The van der Waals surface area contributed by atoms with Gasteiger partial charge in [0.1, 0.15) is 6.54 Å². The van der Waals surface area contributed by atoms with Crippen LogP contribution in [-0.4, -0.2) is 26.9 Å². The molecule has 160 valence electrons. The zero-order valence-electron chi connectivity index (χ0n) is 17.3. The summed E-state index contributed by atoms with van der Waals surface area (Å²) in [4.78, 5) is 15.3. The summed E-state index contributed by atoms with van der Waals surface area (Å²) in [5, 5.41) is 0. The number of benzene rings is 3. The number of nitrogens with zero attached hydrogens (tertiary/aromatic N) is 2. The monoisotopic (exact) mass is 498 g/mol. The summed E-state index contributed by atoms with van der Waals surface area (Å²) in [7, 11) is -3.94. The van der Waals surface area contributed by atoms with Crippen molar-refractivity contribution in [3.63, 3.8) is 0 Å². The highest BCUT2D eigenvalue weighted by Gasteiger charge is 2.34. The molecular formula is C24H23BrN2O3S. The van der Waals surface area contributed by atoms with E-state index < -0.39 is 10.0 Å². The molecule has 0 aromatic heterocycles. The fourth-order valence-corrected chi connectivity index (χ4v) is 5.72. The minimum absolute atomic E-state index is 0.0312. The molecule has 31 heavy (non-hydrogen) atoms. The van der Waals surface area contributed by atoms with Gasteiger partial charge < -0.3 is 4.90 Å². The largest absolute Gasteiger partial charge is 0.307 e. The summed E-state index contributed by atoms with van der Waals surface area (Å²) in [5.74, 6) is -0.256. The molecule has 1 unspecified atom stereocenters. The van der Waals surface area contributed by atoms with Crippen molar-refractivity contribution >= 4 is 43.2 Å². The van der Waals surface area contributed by atoms with Crippen molar-refractivity contribution in [2.45, 2.75) is 31.2 Å². The Labute approximate surface area is 191 Å². The molecule has 0 fully saturated rings. The second-order valence-corrected chi connectivity index (χ2v) is 10.5. The standard InChI is InChI=1S/C24H23BrN2O3S/c1-17-10-12-22(13-11-17)31(29,30)26(21-8-5-7-20(25)15-21)16-24(28)27-18(2)14-19-6-3-4-9-23(19)27/h3-13,15,18H,14,16H2,1-2H3. The lowest BCUT2D eigenvalue weighted by molar-refractivity contribution is -0.117. The average Bonchev–Trinajstić information content (AvgIpc) is 3.07.